The number of amides is 3. The number of hydrogen-bond acceptors (Lipinski definition) is 4. The molecule has 0 unspecified atom stereocenters. The maximum absolute atomic E-state index is 11.6. The van der Waals surface area contributed by atoms with Crippen molar-refractivity contribution in [3.63, 3.8) is 0 Å². The summed E-state index contributed by atoms with van der Waals surface area (Å²) in [5.74, 6) is -1.41. The van der Waals surface area contributed by atoms with Gasteiger partial charge in [-0.05, 0) is 19.1 Å². The highest BCUT2D eigenvalue weighted by atomic mass is 16.5. The number of urea groups is 1. The Morgan fingerprint density at radius 2 is 2.12 bits per heavy atom. The fraction of sp³-hybridized carbons (Fsp3) is 0.300. The van der Waals surface area contributed by atoms with Crippen molar-refractivity contribution in [2.45, 2.75) is 13.0 Å². The predicted molar refractivity (Wildman–Crippen MR) is 58.0 cm³/mol. The molecule has 1 aromatic heterocycles. The number of primary amides is 1. The van der Waals surface area contributed by atoms with E-state index >= 15 is 0 Å². The van der Waals surface area contributed by atoms with Crippen LogP contribution in [0.25, 0.3) is 0 Å². The first-order valence-corrected chi connectivity index (χ1v) is 4.84. The molecule has 1 aromatic rings. The molecule has 92 valence electrons. The number of aryl methyl sites for hydroxylation is 1. The zero-order valence-electron chi connectivity index (χ0n) is 9.47. The van der Waals surface area contributed by atoms with Gasteiger partial charge in [-0.2, -0.15) is 0 Å². The molecule has 0 radical (unpaired) electrons. The first-order valence-electron chi connectivity index (χ1n) is 4.84. The summed E-state index contributed by atoms with van der Waals surface area (Å²) in [5.41, 5.74) is 5.07. The lowest BCUT2D eigenvalue weighted by atomic mass is 10.3. The van der Waals surface area contributed by atoms with Gasteiger partial charge in [0, 0.05) is 13.2 Å². The third kappa shape index (κ3) is 3.33. The van der Waals surface area contributed by atoms with E-state index in [0.29, 0.717) is 5.69 Å². The average molecular weight is 239 g/mol. The van der Waals surface area contributed by atoms with E-state index in [1.54, 1.807) is 29.9 Å². The lowest BCUT2D eigenvalue weighted by Crippen LogP contribution is -2.42. The molecule has 1 atom stereocenters. The molecule has 3 N–H and O–H groups in total. The summed E-state index contributed by atoms with van der Waals surface area (Å²) in [5, 5.41) is 1.82. The van der Waals surface area contributed by atoms with Gasteiger partial charge in [0.25, 0.3) is 5.91 Å². The lowest BCUT2D eigenvalue weighted by molar-refractivity contribution is -0.127. The summed E-state index contributed by atoms with van der Waals surface area (Å²) in [6.45, 7) is 1.35. The molecule has 17 heavy (non-hydrogen) atoms. The molecule has 0 aliphatic rings. The maximum Gasteiger partial charge on any atom is 0.355 e. The number of imide groups is 1. The molecule has 7 nitrogen and oxygen atoms in total. The van der Waals surface area contributed by atoms with E-state index in [2.05, 4.69) is 0 Å². The van der Waals surface area contributed by atoms with Gasteiger partial charge >= 0.3 is 12.0 Å². The quantitative estimate of drug-likeness (QED) is 0.710. The average Bonchev–Trinajstić information content (AvgIpc) is 2.63. The molecule has 1 heterocycles. The van der Waals surface area contributed by atoms with Crippen molar-refractivity contribution in [1.82, 2.24) is 9.88 Å². The smallest absolute Gasteiger partial charge is 0.355 e. The number of esters is 1. The molecule has 0 fully saturated rings. The third-order valence-electron chi connectivity index (χ3n) is 2.05. The Morgan fingerprint density at radius 1 is 1.47 bits per heavy atom. The minimum absolute atomic E-state index is 0.309. The zero-order valence-corrected chi connectivity index (χ0v) is 9.47. The van der Waals surface area contributed by atoms with Crippen LogP contribution in [0.5, 0.6) is 0 Å². The second kappa shape index (κ2) is 5.15. The number of ether oxygens (including phenoxy) is 1. The van der Waals surface area contributed by atoms with Crippen molar-refractivity contribution >= 4 is 17.9 Å². The van der Waals surface area contributed by atoms with Crippen LogP contribution in [-0.4, -0.2) is 28.6 Å². The molecule has 3 amide bonds. The number of nitrogens with one attached hydrogen (secondary N) is 1. The van der Waals surface area contributed by atoms with Crippen LogP contribution in [0.15, 0.2) is 18.3 Å². The van der Waals surface area contributed by atoms with Crippen LogP contribution in [-0.2, 0) is 16.6 Å². The summed E-state index contributed by atoms with van der Waals surface area (Å²) in [7, 11) is 1.67. The van der Waals surface area contributed by atoms with Crippen LogP contribution >= 0.6 is 0 Å². The topological polar surface area (TPSA) is 103 Å². The molecule has 0 saturated heterocycles. The van der Waals surface area contributed by atoms with Crippen molar-refractivity contribution in [2.75, 3.05) is 0 Å². The molecule has 0 spiro atoms. The van der Waals surface area contributed by atoms with Crippen molar-refractivity contribution < 1.29 is 19.1 Å². The second-order valence-corrected chi connectivity index (χ2v) is 3.41. The van der Waals surface area contributed by atoms with E-state index in [1.807, 2.05) is 5.32 Å². The predicted octanol–water partition coefficient (Wildman–Crippen LogP) is -0.235. The Balaban J connectivity index is 2.60. The molecule has 1 rings (SSSR count). The van der Waals surface area contributed by atoms with E-state index in [9.17, 15) is 14.4 Å². The molecule has 0 aromatic carbocycles. The third-order valence-corrected chi connectivity index (χ3v) is 2.05. The van der Waals surface area contributed by atoms with E-state index in [4.69, 9.17) is 10.5 Å². The summed E-state index contributed by atoms with van der Waals surface area (Å²) >= 11 is 0. The number of nitrogens with zero attached hydrogens (tertiary/aromatic N) is 1. The van der Waals surface area contributed by atoms with Gasteiger partial charge in [0.2, 0.25) is 0 Å². The molecular formula is C10H13N3O4. The van der Waals surface area contributed by atoms with Gasteiger partial charge in [-0.1, -0.05) is 0 Å². The monoisotopic (exact) mass is 239 g/mol. The van der Waals surface area contributed by atoms with Crippen molar-refractivity contribution in [3.05, 3.63) is 24.0 Å². The Morgan fingerprint density at radius 3 is 2.59 bits per heavy atom. The van der Waals surface area contributed by atoms with Gasteiger partial charge in [-0.25, -0.2) is 9.59 Å². The van der Waals surface area contributed by atoms with Crippen molar-refractivity contribution in [3.8, 4) is 0 Å². The highest BCUT2D eigenvalue weighted by molar-refractivity contribution is 5.97. The highest BCUT2D eigenvalue weighted by Gasteiger charge is 2.20. The molecule has 0 saturated carbocycles. The molecule has 0 bridgehead atoms. The first kappa shape index (κ1) is 12.8. The van der Waals surface area contributed by atoms with Crippen LogP contribution in [0.4, 0.5) is 4.79 Å². The molecule has 0 aliphatic carbocycles. The summed E-state index contributed by atoms with van der Waals surface area (Å²) in [4.78, 5) is 33.3. The standard InChI is InChI=1S/C10H13N3O4/c1-6(8(14)12-10(11)16)17-9(15)7-4-3-5-13(7)2/h3-6H,1-2H3,(H3,11,12,14,16)/t6-/m0/s1. The van der Waals surface area contributed by atoms with E-state index < -0.39 is 24.0 Å². The Kier molecular flexibility index (Phi) is 3.86. The number of aromatic nitrogens is 1. The van der Waals surface area contributed by atoms with Gasteiger partial charge in [-0.15, -0.1) is 0 Å². The van der Waals surface area contributed by atoms with Crippen LogP contribution < -0.4 is 11.1 Å². The fourth-order valence-electron chi connectivity index (χ4n) is 1.17. The Bertz CT molecular complexity index is 452. The number of hydrogen-bond donors (Lipinski definition) is 2. The minimum atomic E-state index is -1.09. The summed E-state index contributed by atoms with van der Waals surface area (Å²) in [6, 6.07) is 2.24. The first-order chi connectivity index (χ1) is 7.91. The van der Waals surface area contributed by atoms with Gasteiger partial charge in [-0.3, -0.25) is 10.1 Å². The summed E-state index contributed by atoms with van der Waals surface area (Å²) < 4.78 is 6.42. The van der Waals surface area contributed by atoms with Gasteiger partial charge in [0.15, 0.2) is 6.10 Å². The Hall–Kier alpha value is -2.31. The lowest BCUT2D eigenvalue weighted by Gasteiger charge is -2.12. The maximum atomic E-state index is 11.6. The molecular weight excluding hydrogens is 226 g/mol. The highest BCUT2D eigenvalue weighted by Crippen LogP contribution is 2.04. The number of nitrogens with two attached hydrogens (primary N) is 1. The van der Waals surface area contributed by atoms with Crippen LogP contribution in [0.2, 0.25) is 0 Å². The van der Waals surface area contributed by atoms with Gasteiger partial charge in [0.1, 0.15) is 5.69 Å². The zero-order chi connectivity index (χ0) is 13.0. The SMILES string of the molecule is C[C@H](OC(=O)c1cccn1C)C(=O)NC(N)=O. The van der Waals surface area contributed by atoms with E-state index in [0.717, 1.165) is 0 Å². The van der Waals surface area contributed by atoms with Crippen molar-refractivity contribution in [2.24, 2.45) is 12.8 Å². The normalized spacial score (nSPS) is 11.6. The largest absolute Gasteiger partial charge is 0.448 e. The second-order valence-electron chi connectivity index (χ2n) is 3.41. The minimum Gasteiger partial charge on any atom is -0.448 e. The molecule has 7 heteroatoms. The Labute approximate surface area is 97.5 Å². The van der Waals surface area contributed by atoms with E-state index in [1.165, 1.54) is 6.92 Å². The summed E-state index contributed by atoms with van der Waals surface area (Å²) in [6.07, 6.45) is 0.579. The van der Waals surface area contributed by atoms with Crippen LogP contribution in [0.3, 0.4) is 0 Å². The van der Waals surface area contributed by atoms with E-state index in [-0.39, 0.29) is 0 Å². The van der Waals surface area contributed by atoms with Gasteiger partial charge in [0.05, 0.1) is 0 Å². The molecule has 0 aliphatic heterocycles. The van der Waals surface area contributed by atoms with Crippen molar-refractivity contribution in [1.29, 1.82) is 0 Å². The fourth-order valence-corrected chi connectivity index (χ4v) is 1.17. The number of carbonyl (C=O) groups excluding carboxylic acids is 3. The number of carbonyl (C=O) groups is 3. The van der Waals surface area contributed by atoms with Crippen LogP contribution in [0.1, 0.15) is 17.4 Å². The van der Waals surface area contributed by atoms with Gasteiger partial charge < -0.3 is 15.0 Å². The number of rotatable bonds is 3. The van der Waals surface area contributed by atoms with Crippen LogP contribution in [0, 0.1) is 0 Å².